The lowest BCUT2D eigenvalue weighted by atomic mass is 10.0. The van der Waals surface area contributed by atoms with Crippen molar-refractivity contribution in [2.75, 3.05) is 16.8 Å². The van der Waals surface area contributed by atoms with E-state index in [0.29, 0.717) is 39.9 Å². The van der Waals surface area contributed by atoms with Crippen LogP contribution < -0.4 is 15.0 Å². The fraction of sp³-hybridized carbons (Fsp3) is 0.120. The first-order chi connectivity index (χ1) is 15.0. The van der Waals surface area contributed by atoms with Gasteiger partial charge in [0.1, 0.15) is 11.4 Å². The van der Waals surface area contributed by atoms with Crippen LogP contribution in [0.1, 0.15) is 18.1 Å². The number of carbonyl (C=O) groups is 2. The van der Waals surface area contributed by atoms with Gasteiger partial charge in [0.2, 0.25) is 0 Å². The number of amides is 2. The van der Waals surface area contributed by atoms with E-state index in [2.05, 4.69) is 5.32 Å². The zero-order chi connectivity index (χ0) is 22.0. The van der Waals surface area contributed by atoms with E-state index in [-0.39, 0.29) is 5.70 Å². The summed E-state index contributed by atoms with van der Waals surface area (Å²) in [4.78, 5) is 28.3. The predicted octanol–water partition coefficient (Wildman–Crippen LogP) is 5.44. The number of anilines is 2. The summed E-state index contributed by atoms with van der Waals surface area (Å²) >= 11 is 6.26. The third kappa shape index (κ3) is 3.80. The third-order valence-electron chi connectivity index (χ3n) is 5.08. The van der Waals surface area contributed by atoms with Crippen molar-refractivity contribution in [3.8, 4) is 5.75 Å². The van der Waals surface area contributed by atoms with Gasteiger partial charge in [-0.25, -0.2) is 4.90 Å². The second-order valence-electron chi connectivity index (χ2n) is 7.00. The fourth-order valence-corrected chi connectivity index (χ4v) is 3.71. The molecule has 0 bridgehead atoms. The van der Waals surface area contributed by atoms with Gasteiger partial charge in [-0.2, -0.15) is 0 Å². The van der Waals surface area contributed by atoms with Gasteiger partial charge in [0.25, 0.3) is 11.8 Å². The van der Waals surface area contributed by atoms with Gasteiger partial charge in [0, 0.05) is 10.7 Å². The number of nitrogens with zero attached hydrogens (tertiary/aromatic N) is 1. The molecule has 4 rings (SSSR count). The maximum atomic E-state index is 13.6. The summed E-state index contributed by atoms with van der Waals surface area (Å²) in [6, 6.07) is 21.6. The summed E-state index contributed by atoms with van der Waals surface area (Å²) in [5, 5.41) is 3.74. The molecule has 0 atom stereocenters. The number of ether oxygens (including phenoxy) is 1. The average Bonchev–Trinajstić information content (AvgIpc) is 3.02. The van der Waals surface area contributed by atoms with Crippen molar-refractivity contribution in [3.05, 3.63) is 94.6 Å². The van der Waals surface area contributed by atoms with Crippen LogP contribution in [0, 0.1) is 6.92 Å². The van der Waals surface area contributed by atoms with Crippen molar-refractivity contribution >= 4 is 40.4 Å². The molecule has 0 saturated carbocycles. The first kappa shape index (κ1) is 20.7. The van der Waals surface area contributed by atoms with Crippen LogP contribution in [0.4, 0.5) is 11.4 Å². The Balaban J connectivity index is 1.85. The van der Waals surface area contributed by atoms with Crippen LogP contribution >= 0.6 is 11.6 Å². The van der Waals surface area contributed by atoms with E-state index in [9.17, 15) is 9.59 Å². The molecule has 0 saturated heterocycles. The molecule has 1 aliphatic rings. The van der Waals surface area contributed by atoms with Crippen LogP contribution in [0.25, 0.3) is 5.57 Å². The molecule has 5 nitrogen and oxygen atoms in total. The van der Waals surface area contributed by atoms with Gasteiger partial charge in [0.05, 0.1) is 17.9 Å². The van der Waals surface area contributed by atoms with Gasteiger partial charge < -0.3 is 10.1 Å². The highest BCUT2D eigenvalue weighted by Crippen LogP contribution is 2.38. The van der Waals surface area contributed by atoms with Crippen molar-refractivity contribution in [3.63, 3.8) is 0 Å². The van der Waals surface area contributed by atoms with Crippen LogP contribution in [0.3, 0.4) is 0 Å². The topological polar surface area (TPSA) is 58.6 Å². The quantitative estimate of drug-likeness (QED) is 0.526. The highest BCUT2D eigenvalue weighted by molar-refractivity contribution is 6.46. The molecule has 0 aromatic heterocycles. The van der Waals surface area contributed by atoms with Gasteiger partial charge in [-0.05, 0) is 49.2 Å². The fourth-order valence-electron chi connectivity index (χ4n) is 3.53. The molecule has 6 heteroatoms. The van der Waals surface area contributed by atoms with Crippen molar-refractivity contribution in [1.82, 2.24) is 0 Å². The Hall–Kier alpha value is -3.57. The smallest absolute Gasteiger partial charge is 0.282 e. The summed E-state index contributed by atoms with van der Waals surface area (Å²) in [5.41, 5.74) is 3.02. The average molecular weight is 433 g/mol. The molecule has 0 fully saturated rings. The first-order valence-electron chi connectivity index (χ1n) is 9.95. The summed E-state index contributed by atoms with van der Waals surface area (Å²) < 4.78 is 5.67. The van der Waals surface area contributed by atoms with Crippen LogP contribution in [0.15, 0.2) is 78.5 Å². The molecule has 0 aliphatic carbocycles. The Bertz CT molecular complexity index is 1190. The summed E-state index contributed by atoms with van der Waals surface area (Å²) in [5.74, 6) is -0.389. The molecule has 0 spiro atoms. The molecule has 31 heavy (non-hydrogen) atoms. The minimum Gasteiger partial charge on any atom is -0.492 e. The van der Waals surface area contributed by atoms with E-state index in [4.69, 9.17) is 16.3 Å². The van der Waals surface area contributed by atoms with E-state index >= 15 is 0 Å². The van der Waals surface area contributed by atoms with E-state index in [0.717, 1.165) is 10.5 Å². The highest BCUT2D eigenvalue weighted by Gasteiger charge is 2.41. The van der Waals surface area contributed by atoms with Crippen molar-refractivity contribution in [2.45, 2.75) is 13.8 Å². The lowest BCUT2D eigenvalue weighted by molar-refractivity contribution is -0.120. The predicted molar refractivity (Wildman–Crippen MR) is 123 cm³/mol. The number of imide groups is 1. The van der Waals surface area contributed by atoms with Crippen molar-refractivity contribution in [2.24, 2.45) is 0 Å². The Morgan fingerprint density at radius 3 is 2.35 bits per heavy atom. The first-order valence-corrected chi connectivity index (χ1v) is 10.3. The number of hydrogen-bond donors (Lipinski definition) is 1. The molecule has 0 unspecified atom stereocenters. The Kier molecular flexibility index (Phi) is 5.78. The van der Waals surface area contributed by atoms with Crippen molar-refractivity contribution in [1.29, 1.82) is 0 Å². The van der Waals surface area contributed by atoms with Crippen LogP contribution in [-0.2, 0) is 9.59 Å². The largest absolute Gasteiger partial charge is 0.492 e. The maximum absolute atomic E-state index is 13.6. The molecule has 1 aliphatic heterocycles. The Morgan fingerprint density at radius 1 is 0.903 bits per heavy atom. The summed E-state index contributed by atoms with van der Waals surface area (Å²) in [7, 11) is 0. The van der Waals surface area contributed by atoms with Gasteiger partial charge in [0.15, 0.2) is 0 Å². The molecule has 3 aromatic rings. The van der Waals surface area contributed by atoms with Crippen LogP contribution in [0.5, 0.6) is 5.75 Å². The van der Waals surface area contributed by atoms with E-state index < -0.39 is 11.8 Å². The van der Waals surface area contributed by atoms with E-state index in [1.165, 1.54) is 0 Å². The lowest BCUT2D eigenvalue weighted by Gasteiger charge is -2.19. The number of benzene rings is 3. The molecule has 2 amide bonds. The molecule has 1 heterocycles. The minimum atomic E-state index is -0.449. The Morgan fingerprint density at radius 2 is 1.61 bits per heavy atom. The highest BCUT2D eigenvalue weighted by atomic mass is 35.5. The maximum Gasteiger partial charge on any atom is 0.282 e. The second-order valence-corrected chi connectivity index (χ2v) is 7.41. The number of rotatable bonds is 6. The minimum absolute atomic E-state index is 0.202. The van der Waals surface area contributed by atoms with Crippen LogP contribution in [0.2, 0.25) is 5.02 Å². The number of carbonyl (C=O) groups excluding carboxylic acids is 2. The van der Waals surface area contributed by atoms with E-state index in [1.54, 1.807) is 36.4 Å². The number of para-hydroxylation sites is 2. The van der Waals surface area contributed by atoms with Gasteiger partial charge in [-0.3, -0.25) is 9.59 Å². The van der Waals surface area contributed by atoms with Crippen molar-refractivity contribution < 1.29 is 14.3 Å². The summed E-state index contributed by atoms with van der Waals surface area (Å²) in [6.07, 6.45) is 0. The second kappa shape index (κ2) is 8.66. The summed E-state index contributed by atoms with van der Waals surface area (Å²) in [6.45, 7) is 4.13. The number of hydrogen-bond acceptors (Lipinski definition) is 4. The molecule has 156 valence electrons. The zero-order valence-corrected chi connectivity index (χ0v) is 17.9. The number of nitrogens with one attached hydrogen (secondary N) is 1. The normalized spacial score (nSPS) is 13.7. The van der Waals surface area contributed by atoms with Gasteiger partial charge in [-0.15, -0.1) is 0 Å². The monoisotopic (exact) mass is 432 g/mol. The van der Waals surface area contributed by atoms with Crippen LogP contribution in [-0.4, -0.2) is 18.4 Å². The molecular weight excluding hydrogens is 412 g/mol. The molecule has 0 radical (unpaired) electrons. The number of halogens is 1. The zero-order valence-electron chi connectivity index (χ0n) is 17.2. The molecule has 1 N–H and O–H groups in total. The van der Waals surface area contributed by atoms with Gasteiger partial charge >= 0.3 is 0 Å². The SMILES string of the molecule is CCOc1ccccc1N1C(=O)C(Nc2cccc(Cl)c2C)=C(c2ccccc2)C1=O. The van der Waals surface area contributed by atoms with Gasteiger partial charge in [-0.1, -0.05) is 60.1 Å². The Labute approximate surface area is 185 Å². The molecule has 3 aromatic carbocycles. The lowest BCUT2D eigenvalue weighted by Crippen LogP contribution is -2.32. The standard InChI is InChI=1S/C25H21ClN2O3/c1-3-31-21-15-8-7-14-20(21)28-24(29)22(17-10-5-4-6-11-17)23(25(28)30)27-19-13-9-12-18(26)16(19)2/h4-15,27H,3H2,1-2H3. The molecular formula is C25H21ClN2O3. The third-order valence-corrected chi connectivity index (χ3v) is 5.49. The van der Waals surface area contributed by atoms with E-state index in [1.807, 2.05) is 50.2 Å².